The number of halogens is 1. The van der Waals surface area contributed by atoms with Gasteiger partial charge in [0.15, 0.2) is 11.0 Å². The first-order valence-electron chi connectivity index (χ1n) is 9.14. The van der Waals surface area contributed by atoms with E-state index < -0.39 is 0 Å². The molecule has 1 heterocycles. The molecular weight excluding hydrogens is 408 g/mol. The van der Waals surface area contributed by atoms with Gasteiger partial charge in [-0.2, -0.15) is 0 Å². The summed E-state index contributed by atoms with van der Waals surface area (Å²) >= 11 is 7.26. The zero-order chi connectivity index (χ0) is 20.8. The van der Waals surface area contributed by atoms with Gasteiger partial charge in [-0.1, -0.05) is 65.3 Å². The average molecular weight is 431 g/mol. The van der Waals surface area contributed by atoms with E-state index in [1.54, 1.807) is 0 Å². The molecule has 0 aliphatic heterocycles. The van der Waals surface area contributed by atoms with Gasteiger partial charge in [0.05, 0.1) is 25.4 Å². The zero-order valence-corrected chi connectivity index (χ0v) is 17.9. The molecule has 8 heteroatoms. The molecule has 0 spiro atoms. The van der Waals surface area contributed by atoms with Crippen molar-refractivity contribution < 1.29 is 9.53 Å². The van der Waals surface area contributed by atoms with Crippen molar-refractivity contribution in [1.82, 2.24) is 14.8 Å². The highest BCUT2D eigenvalue weighted by molar-refractivity contribution is 7.99. The number of benzene rings is 2. The predicted molar refractivity (Wildman–Crippen MR) is 115 cm³/mol. The second kappa shape index (κ2) is 9.91. The second-order valence-electron chi connectivity index (χ2n) is 6.71. The zero-order valence-electron chi connectivity index (χ0n) is 16.3. The lowest BCUT2D eigenvalue weighted by Gasteiger charge is -2.15. The van der Waals surface area contributed by atoms with Crippen molar-refractivity contribution in [1.29, 1.82) is 0 Å². The van der Waals surface area contributed by atoms with Gasteiger partial charge in [0.25, 0.3) is 0 Å². The summed E-state index contributed by atoms with van der Waals surface area (Å²) in [4.78, 5) is 11.6. The molecule has 3 aromatic rings. The van der Waals surface area contributed by atoms with Gasteiger partial charge in [-0.25, -0.2) is 0 Å². The van der Waals surface area contributed by atoms with Crippen molar-refractivity contribution in [2.45, 2.75) is 31.1 Å². The molecule has 1 aromatic heterocycles. The summed E-state index contributed by atoms with van der Waals surface area (Å²) in [6.07, 6.45) is 0.602. The van der Waals surface area contributed by atoms with Crippen molar-refractivity contribution in [2.24, 2.45) is 5.73 Å². The number of nitrogens with zero attached hydrogens (tertiary/aromatic N) is 3. The third-order valence-corrected chi connectivity index (χ3v) is 5.65. The van der Waals surface area contributed by atoms with E-state index in [0.717, 1.165) is 11.1 Å². The fraction of sp³-hybridized carbons (Fsp3) is 0.286. The Kier molecular flexibility index (Phi) is 7.30. The predicted octanol–water partition coefficient (Wildman–Crippen LogP) is 3.80. The molecule has 6 nitrogen and oxygen atoms in total. The molecule has 0 aliphatic carbocycles. The number of carbonyl (C=O) groups excluding carboxylic acids is 1. The molecule has 1 atom stereocenters. The van der Waals surface area contributed by atoms with E-state index in [-0.39, 0.29) is 17.8 Å². The molecule has 0 saturated heterocycles. The summed E-state index contributed by atoms with van der Waals surface area (Å²) in [6, 6.07) is 15.5. The molecule has 152 valence electrons. The average Bonchev–Trinajstić information content (AvgIpc) is 3.12. The van der Waals surface area contributed by atoms with Crippen LogP contribution in [0, 0.1) is 6.92 Å². The maximum atomic E-state index is 11.6. The first-order valence-corrected chi connectivity index (χ1v) is 10.5. The largest absolute Gasteiger partial charge is 0.468 e. The standard InChI is InChI=1S/C21H23ClN4O2S/c1-14-3-5-16(6-4-14)12-26-20(24-25-21(26)29-13-19(27)28-2)18(23)11-15-7-9-17(22)10-8-15/h3-10,18H,11-13,23H2,1-2H3. The van der Waals surface area contributed by atoms with Crippen LogP contribution in [0.5, 0.6) is 0 Å². The molecule has 0 bridgehead atoms. The molecule has 0 aliphatic rings. The Morgan fingerprint density at radius 2 is 1.79 bits per heavy atom. The fourth-order valence-electron chi connectivity index (χ4n) is 2.85. The number of hydrogen-bond acceptors (Lipinski definition) is 6. The summed E-state index contributed by atoms with van der Waals surface area (Å²) in [5, 5.41) is 9.94. The second-order valence-corrected chi connectivity index (χ2v) is 8.09. The number of ether oxygens (including phenoxy) is 1. The number of methoxy groups -OCH3 is 1. The van der Waals surface area contributed by atoms with Crippen LogP contribution in [0.2, 0.25) is 5.02 Å². The Bertz CT molecular complexity index is 958. The van der Waals surface area contributed by atoms with E-state index in [2.05, 4.69) is 34.5 Å². The lowest BCUT2D eigenvalue weighted by Crippen LogP contribution is -2.20. The van der Waals surface area contributed by atoms with Crippen LogP contribution in [0.1, 0.15) is 28.6 Å². The summed E-state index contributed by atoms with van der Waals surface area (Å²) in [5.74, 6) is 0.523. The topological polar surface area (TPSA) is 83.0 Å². The Balaban J connectivity index is 1.85. The van der Waals surface area contributed by atoms with E-state index >= 15 is 0 Å². The van der Waals surface area contributed by atoms with Crippen molar-refractivity contribution in [3.8, 4) is 0 Å². The van der Waals surface area contributed by atoms with Crippen LogP contribution in [0.15, 0.2) is 53.7 Å². The molecule has 2 N–H and O–H groups in total. The molecule has 2 aromatic carbocycles. The van der Waals surface area contributed by atoms with Crippen LogP contribution in [0.4, 0.5) is 0 Å². The van der Waals surface area contributed by atoms with Gasteiger partial charge >= 0.3 is 5.97 Å². The van der Waals surface area contributed by atoms with Crippen LogP contribution >= 0.6 is 23.4 Å². The van der Waals surface area contributed by atoms with E-state index in [4.69, 9.17) is 22.1 Å². The number of carbonyl (C=O) groups is 1. The van der Waals surface area contributed by atoms with Crippen molar-refractivity contribution in [3.05, 3.63) is 76.1 Å². The number of aromatic nitrogens is 3. The van der Waals surface area contributed by atoms with Crippen molar-refractivity contribution >= 4 is 29.3 Å². The van der Waals surface area contributed by atoms with Gasteiger partial charge in [-0.15, -0.1) is 10.2 Å². The minimum absolute atomic E-state index is 0.162. The van der Waals surface area contributed by atoms with Crippen molar-refractivity contribution in [2.75, 3.05) is 12.9 Å². The molecule has 0 fully saturated rings. The molecule has 0 radical (unpaired) electrons. The van der Waals surface area contributed by atoms with Crippen molar-refractivity contribution in [3.63, 3.8) is 0 Å². The highest BCUT2D eigenvalue weighted by atomic mass is 35.5. The van der Waals surface area contributed by atoms with Gasteiger partial charge < -0.3 is 15.0 Å². The number of rotatable bonds is 8. The minimum atomic E-state index is -0.346. The smallest absolute Gasteiger partial charge is 0.316 e. The Morgan fingerprint density at radius 3 is 2.45 bits per heavy atom. The summed E-state index contributed by atoms with van der Waals surface area (Å²) < 4.78 is 6.70. The first-order chi connectivity index (χ1) is 14.0. The number of esters is 1. The van der Waals surface area contributed by atoms with E-state index in [1.807, 2.05) is 35.8 Å². The minimum Gasteiger partial charge on any atom is -0.468 e. The first kappa shape index (κ1) is 21.4. The molecule has 1 unspecified atom stereocenters. The van der Waals surface area contributed by atoms with Crippen LogP contribution < -0.4 is 5.73 Å². The fourth-order valence-corrected chi connectivity index (χ4v) is 3.76. The van der Waals surface area contributed by atoms with Gasteiger partial charge in [-0.05, 0) is 36.6 Å². The maximum Gasteiger partial charge on any atom is 0.316 e. The van der Waals surface area contributed by atoms with Crippen LogP contribution in [0.25, 0.3) is 0 Å². The van der Waals surface area contributed by atoms with Gasteiger partial charge in [0.1, 0.15) is 0 Å². The number of nitrogens with two attached hydrogens (primary N) is 1. The Morgan fingerprint density at radius 1 is 1.14 bits per heavy atom. The van der Waals surface area contributed by atoms with Gasteiger partial charge in [0, 0.05) is 5.02 Å². The third kappa shape index (κ3) is 5.82. The number of thioether (sulfide) groups is 1. The van der Waals surface area contributed by atoms with Crippen LogP contribution in [-0.4, -0.2) is 33.6 Å². The van der Waals surface area contributed by atoms with E-state index in [0.29, 0.717) is 29.0 Å². The monoisotopic (exact) mass is 430 g/mol. The Labute approximate surface area is 179 Å². The lowest BCUT2D eigenvalue weighted by molar-refractivity contribution is -0.137. The maximum absolute atomic E-state index is 11.6. The van der Waals surface area contributed by atoms with Crippen LogP contribution in [0.3, 0.4) is 0 Å². The van der Waals surface area contributed by atoms with Gasteiger partial charge in [-0.3, -0.25) is 4.79 Å². The highest BCUT2D eigenvalue weighted by Crippen LogP contribution is 2.24. The molecule has 3 rings (SSSR count). The molecular formula is C21H23ClN4O2S. The molecule has 0 amide bonds. The lowest BCUT2D eigenvalue weighted by atomic mass is 10.1. The Hall–Kier alpha value is -2.35. The summed E-state index contributed by atoms with van der Waals surface area (Å²) in [6.45, 7) is 2.62. The number of hydrogen-bond donors (Lipinski definition) is 1. The summed E-state index contributed by atoms with van der Waals surface area (Å²) in [7, 11) is 1.37. The van der Waals surface area contributed by atoms with E-state index in [9.17, 15) is 4.79 Å². The SMILES string of the molecule is COC(=O)CSc1nnc(C(N)Cc2ccc(Cl)cc2)n1Cc1ccc(C)cc1. The van der Waals surface area contributed by atoms with E-state index in [1.165, 1.54) is 24.4 Å². The highest BCUT2D eigenvalue weighted by Gasteiger charge is 2.20. The molecule has 29 heavy (non-hydrogen) atoms. The molecule has 0 saturated carbocycles. The van der Waals surface area contributed by atoms with Crippen LogP contribution in [-0.2, 0) is 22.5 Å². The summed E-state index contributed by atoms with van der Waals surface area (Å²) in [5.41, 5.74) is 9.85. The third-order valence-electron chi connectivity index (χ3n) is 4.45. The number of aryl methyl sites for hydroxylation is 1. The quantitative estimate of drug-likeness (QED) is 0.432. The van der Waals surface area contributed by atoms with Gasteiger partial charge in [0.2, 0.25) is 0 Å². The normalized spacial score (nSPS) is 12.0.